The molecule has 106 valence electrons. The van der Waals surface area contributed by atoms with E-state index in [2.05, 4.69) is 10.3 Å². The molecule has 0 aromatic heterocycles. The largest absolute Gasteiger partial charge is 0.444 e. The zero-order valence-electron chi connectivity index (χ0n) is 12.6. The lowest BCUT2D eigenvalue weighted by Gasteiger charge is -2.23. The van der Waals surface area contributed by atoms with Crippen LogP contribution in [0.4, 0.5) is 4.79 Å². The summed E-state index contributed by atoms with van der Waals surface area (Å²) in [5, 5.41) is 2.67. The molecule has 0 rings (SSSR count). The van der Waals surface area contributed by atoms with Gasteiger partial charge < -0.3 is 19.9 Å². The first-order chi connectivity index (χ1) is 8.13. The molecular formula is C12H26N4O2. The van der Waals surface area contributed by atoms with E-state index in [9.17, 15) is 4.79 Å². The summed E-state index contributed by atoms with van der Waals surface area (Å²) in [6, 6.07) is 0. The molecule has 6 heteroatoms. The quantitative estimate of drug-likeness (QED) is 0.466. The number of alkyl carbamates (subject to hydrolysis) is 1. The Morgan fingerprint density at radius 2 is 1.67 bits per heavy atom. The summed E-state index contributed by atoms with van der Waals surface area (Å²) in [6.45, 7) is 6.48. The molecule has 0 saturated heterocycles. The van der Waals surface area contributed by atoms with Crippen molar-refractivity contribution in [2.75, 3.05) is 41.3 Å². The van der Waals surface area contributed by atoms with Crippen molar-refractivity contribution in [1.82, 2.24) is 15.1 Å². The number of hydrogen-bond donors (Lipinski definition) is 1. The Morgan fingerprint density at radius 1 is 1.17 bits per heavy atom. The molecule has 0 aromatic rings. The summed E-state index contributed by atoms with van der Waals surface area (Å²) < 4.78 is 5.12. The first-order valence-electron chi connectivity index (χ1n) is 5.99. The number of ether oxygens (including phenoxy) is 1. The topological polar surface area (TPSA) is 57.2 Å². The maximum atomic E-state index is 11.4. The van der Waals surface area contributed by atoms with Crippen LogP contribution in [0.2, 0.25) is 0 Å². The van der Waals surface area contributed by atoms with Gasteiger partial charge in [0.05, 0.1) is 6.54 Å². The fourth-order valence-corrected chi connectivity index (χ4v) is 1.31. The number of carbonyl (C=O) groups excluding carboxylic acids is 1. The maximum Gasteiger partial charge on any atom is 0.407 e. The number of aliphatic imine (C=N–C) groups is 1. The summed E-state index contributed by atoms with van der Waals surface area (Å²) in [5.41, 5.74) is -0.466. The molecule has 0 unspecified atom stereocenters. The van der Waals surface area contributed by atoms with Crippen molar-refractivity contribution in [3.05, 3.63) is 0 Å². The van der Waals surface area contributed by atoms with E-state index in [4.69, 9.17) is 4.74 Å². The molecule has 0 aliphatic carbocycles. The van der Waals surface area contributed by atoms with Crippen LogP contribution in [0.1, 0.15) is 20.8 Å². The summed E-state index contributed by atoms with van der Waals surface area (Å²) in [5.74, 6) is 0.862. The highest BCUT2D eigenvalue weighted by atomic mass is 16.6. The summed E-state index contributed by atoms with van der Waals surface area (Å²) in [4.78, 5) is 19.6. The van der Waals surface area contributed by atoms with Gasteiger partial charge in [-0.1, -0.05) is 0 Å². The van der Waals surface area contributed by atoms with Gasteiger partial charge in [0.25, 0.3) is 0 Å². The van der Waals surface area contributed by atoms with Crippen molar-refractivity contribution in [2.24, 2.45) is 4.99 Å². The smallest absolute Gasteiger partial charge is 0.407 e. The summed E-state index contributed by atoms with van der Waals surface area (Å²) in [6.07, 6.45) is -0.408. The zero-order valence-corrected chi connectivity index (χ0v) is 12.6. The van der Waals surface area contributed by atoms with Crippen LogP contribution >= 0.6 is 0 Å². The van der Waals surface area contributed by atoms with Gasteiger partial charge in [0.2, 0.25) is 0 Å². The van der Waals surface area contributed by atoms with Crippen LogP contribution in [-0.4, -0.2) is 68.7 Å². The van der Waals surface area contributed by atoms with Crippen LogP contribution in [0, 0.1) is 0 Å². The molecule has 1 amide bonds. The van der Waals surface area contributed by atoms with Gasteiger partial charge >= 0.3 is 6.09 Å². The molecule has 0 aromatic carbocycles. The zero-order chi connectivity index (χ0) is 14.3. The third kappa shape index (κ3) is 7.76. The standard InChI is InChI=1S/C12H26N4O2/c1-12(2,3)18-11(17)14-9-8-13-10(15(4)5)16(6)7/h8-9H2,1-7H3,(H,14,17). The van der Waals surface area contributed by atoms with Crippen LogP contribution in [0.25, 0.3) is 0 Å². The normalized spacial score (nSPS) is 10.6. The van der Waals surface area contributed by atoms with Gasteiger partial charge in [-0.05, 0) is 20.8 Å². The van der Waals surface area contributed by atoms with E-state index in [1.807, 2.05) is 58.8 Å². The molecule has 0 fully saturated rings. The van der Waals surface area contributed by atoms with Crippen LogP contribution in [0.3, 0.4) is 0 Å². The summed E-state index contributed by atoms with van der Waals surface area (Å²) >= 11 is 0. The second kappa shape index (κ2) is 7.08. The van der Waals surface area contributed by atoms with Crippen LogP contribution in [0.5, 0.6) is 0 Å². The molecule has 1 N–H and O–H groups in total. The van der Waals surface area contributed by atoms with Crippen LogP contribution in [0.15, 0.2) is 4.99 Å². The molecule has 0 aliphatic rings. The monoisotopic (exact) mass is 258 g/mol. The lowest BCUT2D eigenvalue weighted by Crippen LogP contribution is -2.37. The van der Waals surface area contributed by atoms with Gasteiger partial charge in [-0.15, -0.1) is 0 Å². The Bertz CT molecular complexity index is 283. The Balaban J connectivity index is 4.05. The molecule has 0 saturated carbocycles. The van der Waals surface area contributed by atoms with E-state index in [1.165, 1.54) is 0 Å². The molecule has 0 aliphatic heterocycles. The van der Waals surface area contributed by atoms with E-state index >= 15 is 0 Å². The minimum absolute atomic E-state index is 0.408. The van der Waals surface area contributed by atoms with Gasteiger partial charge in [0.15, 0.2) is 5.96 Å². The molecule has 0 spiro atoms. The molecule has 0 bridgehead atoms. The maximum absolute atomic E-state index is 11.4. The highest BCUT2D eigenvalue weighted by Gasteiger charge is 2.15. The first kappa shape index (κ1) is 16.5. The SMILES string of the molecule is CN(C)C(=NCCNC(=O)OC(C)(C)C)N(C)C. The molecule has 0 radical (unpaired) electrons. The van der Waals surface area contributed by atoms with Gasteiger partial charge in [-0.25, -0.2) is 4.79 Å². The lowest BCUT2D eigenvalue weighted by atomic mass is 10.2. The molecular weight excluding hydrogens is 232 g/mol. The fourth-order valence-electron chi connectivity index (χ4n) is 1.31. The Hall–Kier alpha value is -1.46. The molecule has 6 nitrogen and oxygen atoms in total. The predicted octanol–water partition coefficient (Wildman–Crippen LogP) is 0.990. The predicted molar refractivity (Wildman–Crippen MR) is 73.9 cm³/mol. The average Bonchev–Trinajstić information content (AvgIpc) is 2.12. The first-order valence-corrected chi connectivity index (χ1v) is 5.99. The minimum Gasteiger partial charge on any atom is -0.444 e. The van der Waals surface area contributed by atoms with Crippen molar-refractivity contribution >= 4 is 12.1 Å². The molecule has 0 atom stereocenters. The van der Waals surface area contributed by atoms with Crippen LogP contribution < -0.4 is 5.32 Å². The van der Waals surface area contributed by atoms with Gasteiger partial charge in [-0.3, -0.25) is 4.99 Å². The van der Waals surface area contributed by atoms with Crippen LogP contribution in [-0.2, 0) is 4.74 Å². The number of carbonyl (C=O) groups is 1. The molecule has 18 heavy (non-hydrogen) atoms. The highest BCUT2D eigenvalue weighted by molar-refractivity contribution is 5.79. The van der Waals surface area contributed by atoms with E-state index in [-0.39, 0.29) is 0 Å². The Kier molecular flexibility index (Phi) is 6.51. The van der Waals surface area contributed by atoms with Crippen molar-refractivity contribution in [3.8, 4) is 0 Å². The summed E-state index contributed by atoms with van der Waals surface area (Å²) in [7, 11) is 7.72. The fraction of sp³-hybridized carbons (Fsp3) is 0.833. The second-order valence-electron chi connectivity index (χ2n) is 5.40. The Morgan fingerprint density at radius 3 is 2.06 bits per heavy atom. The van der Waals surface area contributed by atoms with E-state index in [1.54, 1.807) is 0 Å². The minimum atomic E-state index is -0.466. The van der Waals surface area contributed by atoms with E-state index < -0.39 is 11.7 Å². The van der Waals surface area contributed by atoms with Crippen molar-refractivity contribution in [1.29, 1.82) is 0 Å². The van der Waals surface area contributed by atoms with E-state index in [0.717, 1.165) is 5.96 Å². The average molecular weight is 258 g/mol. The number of amides is 1. The Labute approximate surface area is 110 Å². The van der Waals surface area contributed by atoms with Crippen molar-refractivity contribution in [2.45, 2.75) is 26.4 Å². The second-order valence-corrected chi connectivity index (χ2v) is 5.40. The molecule has 0 heterocycles. The van der Waals surface area contributed by atoms with Crippen molar-refractivity contribution < 1.29 is 9.53 Å². The van der Waals surface area contributed by atoms with Crippen molar-refractivity contribution in [3.63, 3.8) is 0 Å². The number of nitrogens with one attached hydrogen (secondary N) is 1. The van der Waals surface area contributed by atoms with Gasteiger partial charge in [0, 0.05) is 34.7 Å². The van der Waals surface area contributed by atoms with Gasteiger partial charge in [0.1, 0.15) is 5.60 Å². The number of hydrogen-bond acceptors (Lipinski definition) is 3. The third-order valence-electron chi connectivity index (χ3n) is 1.83. The number of rotatable bonds is 3. The number of guanidine groups is 1. The lowest BCUT2D eigenvalue weighted by molar-refractivity contribution is 0.0529. The highest BCUT2D eigenvalue weighted by Crippen LogP contribution is 2.06. The van der Waals surface area contributed by atoms with E-state index in [0.29, 0.717) is 13.1 Å². The van der Waals surface area contributed by atoms with Gasteiger partial charge in [-0.2, -0.15) is 0 Å². The number of nitrogens with zero attached hydrogens (tertiary/aromatic N) is 3. The third-order valence-corrected chi connectivity index (χ3v) is 1.83.